The number of benzene rings is 1. The fourth-order valence-corrected chi connectivity index (χ4v) is 2.94. The number of halogens is 1. The quantitative estimate of drug-likeness (QED) is 0.382. The molecule has 0 bridgehead atoms. The molecule has 0 radical (unpaired) electrons. The number of guanidine groups is 1. The Morgan fingerprint density at radius 3 is 2.56 bits per heavy atom. The van der Waals surface area contributed by atoms with Gasteiger partial charge in [0.25, 0.3) is 0 Å². The zero-order valence-electron chi connectivity index (χ0n) is 15.2. The monoisotopic (exact) mass is 474 g/mol. The highest BCUT2D eigenvalue weighted by molar-refractivity contribution is 14.0. The van der Waals surface area contributed by atoms with Gasteiger partial charge in [0, 0.05) is 19.0 Å². The molecule has 5 nitrogen and oxygen atoms in total. The van der Waals surface area contributed by atoms with E-state index in [1.807, 2.05) is 57.0 Å². The molecule has 0 saturated carbocycles. The van der Waals surface area contributed by atoms with Crippen molar-refractivity contribution in [1.29, 1.82) is 0 Å². The van der Waals surface area contributed by atoms with Gasteiger partial charge in [0.05, 0.1) is 29.9 Å². The minimum absolute atomic E-state index is 0. The van der Waals surface area contributed by atoms with Crippen molar-refractivity contribution in [2.24, 2.45) is 4.99 Å². The SMILES string of the molecule is CCNC(=NCC(O)c1ccc(C)cc1)N(C)Cc1csc(C)n1.I. The van der Waals surface area contributed by atoms with Crippen molar-refractivity contribution in [3.8, 4) is 0 Å². The molecule has 0 aliphatic carbocycles. The number of aliphatic hydroxyl groups is 1. The van der Waals surface area contributed by atoms with Gasteiger partial charge in [-0.1, -0.05) is 29.8 Å². The van der Waals surface area contributed by atoms with Crippen LogP contribution in [0.2, 0.25) is 0 Å². The normalized spacial score (nSPS) is 12.4. The molecule has 2 aromatic rings. The summed E-state index contributed by atoms with van der Waals surface area (Å²) in [6.07, 6.45) is -0.603. The summed E-state index contributed by atoms with van der Waals surface area (Å²) in [6, 6.07) is 7.91. The van der Waals surface area contributed by atoms with Crippen molar-refractivity contribution in [2.45, 2.75) is 33.4 Å². The molecule has 0 fully saturated rings. The molecule has 1 atom stereocenters. The van der Waals surface area contributed by atoms with E-state index in [0.717, 1.165) is 28.8 Å². The lowest BCUT2D eigenvalue weighted by atomic mass is 10.1. The predicted molar refractivity (Wildman–Crippen MR) is 116 cm³/mol. The molecular formula is C18H27IN4OS. The van der Waals surface area contributed by atoms with Crippen LogP contribution < -0.4 is 5.32 Å². The first-order chi connectivity index (χ1) is 11.5. The lowest BCUT2D eigenvalue weighted by Crippen LogP contribution is -2.38. The van der Waals surface area contributed by atoms with Crippen molar-refractivity contribution >= 4 is 41.3 Å². The molecule has 1 heterocycles. The van der Waals surface area contributed by atoms with E-state index in [4.69, 9.17) is 0 Å². The number of nitrogens with one attached hydrogen (secondary N) is 1. The third-order valence-corrected chi connectivity index (χ3v) is 4.46. The second-order valence-corrected chi connectivity index (χ2v) is 6.90. The molecule has 7 heteroatoms. The Kier molecular flexibility index (Phi) is 9.37. The Morgan fingerprint density at radius 2 is 2.00 bits per heavy atom. The van der Waals surface area contributed by atoms with Crippen LogP contribution >= 0.6 is 35.3 Å². The van der Waals surface area contributed by atoms with E-state index in [1.165, 1.54) is 5.56 Å². The van der Waals surface area contributed by atoms with Gasteiger partial charge in [-0.2, -0.15) is 0 Å². The highest BCUT2D eigenvalue weighted by Gasteiger charge is 2.11. The van der Waals surface area contributed by atoms with E-state index in [-0.39, 0.29) is 24.0 Å². The van der Waals surface area contributed by atoms with Gasteiger partial charge in [-0.05, 0) is 26.3 Å². The maximum atomic E-state index is 10.3. The van der Waals surface area contributed by atoms with Crippen LogP contribution in [0.1, 0.15) is 34.9 Å². The predicted octanol–water partition coefficient (Wildman–Crippen LogP) is 3.51. The van der Waals surface area contributed by atoms with Gasteiger partial charge in [0.1, 0.15) is 0 Å². The topological polar surface area (TPSA) is 60.8 Å². The number of aliphatic hydroxyl groups excluding tert-OH is 1. The van der Waals surface area contributed by atoms with Gasteiger partial charge in [0.15, 0.2) is 5.96 Å². The molecule has 0 aliphatic heterocycles. The van der Waals surface area contributed by atoms with Crippen LogP contribution in [0.5, 0.6) is 0 Å². The van der Waals surface area contributed by atoms with Crippen molar-refractivity contribution in [1.82, 2.24) is 15.2 Å². The first-order valence-electron chi connectivity index (χ1n) is 8.14. The van der Waals surface area contributed by atoms with Crippen molar-refractivity contribution in [3.05, 3.63) is 51.5 Å². The molecule has 2 N–H and O–H groups in total. The van der Waals surface area contributed by atoms with Crippen LogP contribution in [0, 0.1) is 13.8 Å². The molecule has 1 aromatic carbocycles. The molecule has 2 rings (SSSR count). The maximum Gasteiger partial charge on any atom is 0.194 e. The highest BCUT2D eigenvalue weighted by Crippen LogP contribution is 2.14. The molecule has 0 spiro atoms. The molecule has 1 aromatic heterocycles. The van der Waals surface area contributed by atoms with Crippen molar-refractivity contribution in [3.63, 3.8) is 0 Å². The zero-order valence-corrected chi connectivity index (χ0v) is 18.3. The number of hydrogen-bond acceptors (Lipinski definition) is 4. The molecular weight excluding hydrogens is 447 g/mol. The Hall–Kier alpha value is -1.19. The van der Waals surface area contributed by atoms with Crippen LogP contribution in [0.25, 0.3) is 0 Å². The Morgan fingerprint density at radius 1 is 1.32 bits per heavy atom. The summed E-state index contributed by atoms with van der Waals surface area (Å²) in [6.45, 7) is 7.87. The summed E-state index contributed by atoms with van der Waals surface area (Å²) >= 11 is 1.65. The maximum absolute atomic E-state index is 10.3. The van der Waals surface area contributed by atoms with E-state index >= 15 is 0 Å². The smallest absolute Gasteiger partial charge is 0.194 e. The van der Waals surface area contributed by atoms with Crippen molar-refractivity contribution < 1.29 is 5.11 Å². The van der Waals surface area contributed by atoms with Crippen molar-refractivity contribution in [2.75, 3.05) is 20.1 Å². The summed E-state index contributed by atoms with van der Waals surface area (Å²) in [5.74, 6) is 0.773. The second-order valence-electron chi connectivity index (χ2n) is 5.84. The fourth-order valence-electron chi connectivity index (χ4n) is 2.34. The summed E-state index contributed by atoms with van der Waals surface area (Å²) in [5.41, 5.74) is 3.10. The molecule has 1 unspecified atom stereocenters. The molecule has 0 amide bonds. The largest absolute Gasteiger partial charge is 0.386 e. The van der Waals surface area contributed by atoms with E-state index < -0.39 is 6.10 Å². The Labute approximate surface area is 171 Å². The fraction of sp³-hybridized carbons (Fsp3) is 0.444. The van der Waals surface area contributed by atoms with Crippen LogP contribution in [-0.4, -0.2) is 41.1 Å². The number of nitrogens with zero attached hydrogens (tertiary/aromatic N) is 3. The first kappa shape index (κ1) is 21.9. The Balaban J connectivity index is 0.00000312. The molecule has 25 heavy (non-hydrogen) atoms. The van der Waals surface area contributed by atoms with Crippen LogP contribution in [0.15, 0.2) is 34.6 Å². The van der Waals surface area contributed by atoms with E-state index in [0.29, 0.717) is 13.1 Å². The number of aliphatic imine (C=N–C) groups is 1. The number of aromatic nitrogens is 1. The van der Waals surface area contributed by atoms with E-state index in [9.17, 15) is 5.11 Å². The van der Waals surface area contributed by atoms with Gasteiger partial charge in [-0.25, -0.2) is 4.98 Å². The van der Waals surface area contributed by atoms with Crippen LogP contribution in [0.3, 0.4) is 0 Å². The van der Waals surface area contributed by atoms with Gasteiger partial charge in [-0.3, -0.25) is 4.99 Å². The third-order valence-electron chi connectivity index (χ3n) is 3.64. The lowest BCUT2D eigenvalue weighted by molar-refractivity contribution is 0.186. The second kappa shape index (κ2) is 10.7. The van der Waals surface area contributed by atoms with Gasteiger partial charge in [0.2, 0.25) is 0 Å². The number of thiazole rings is 1. The number of rotatable bonds is 6. The molecule has 0 aliphatic rings. The Bertz CT molecular complexity index is 672. The minimum Gasteiger partial charge on any atom is -0.386 e. The summed E-state index contributed by atoms with van der Waals surface area (Å²) in [7, 11) is 1.98. The van der Waals surface area contributed by atoms with Gasteiger partial charge < -0.3 is 15.3 Å². The standard InChI is InChI=1S/C18H26N4OS.HI/c1-5-19-18(22(4)11-16-12-24-14(3)21-16)20-10-17(23)15-8-6-13(2)7-9-15;/h6-9,12,17,23H,5,10-11H2,1-4H3,(H,19,20);1H. The number of aryl methyl sites for hydroxylation is 2. The summed E-state index contributed by atoms with van der Waals surface area (Å²) in [4.78, 5) is 11.1. The lowest BCUT2D eigenvalue weighted by Gasteiger charge is -2.21. The zero-order chi connectivity index (χ0) is 17.5. The molecule has 138 valence electrons. The van der Waals surface area contributed by atoms with Gasteiger partial charge in [-0.15, -0.1) is 35.3 Å². The van der Waals surface area contributed by atoms with Crippen LogP contribution in [-0.2, 0) is 6.54 Å². The average molecular weight is 474 g/mol. The summed E-state index contributed by atoms with van der Waals surface area (Å²) in [5, 5.41) is 16.7. The number of hydrogen-bond donors (Lipinski definition) is 2. The third kappa shape index (κ3) is 6.91. The van der Waals surface area contributed by atoms with E-state index in [2.05, 4.69) is 20.7 Å². The first-order valence-corrected chi connectivity index (χ1v) is 9.02. The minimum atomic E-state index is -0.603. The average Bonchev–Trinajstić information content (AvgIpc) is 2.96. The molecule has 0 saturated heterocycles. The summed E-state index contributed by atoms with van der Waals surface area (Å²) < 4.78 is 0. The van der Waals surface area contributed by atoms with Gasteiger partial charge >= 0.3 is 0 Å². The van der Waals surface area contributed by atoms with Crippen LogP contribution in [0.4, 0.5) is 0 Å². The van der Waals surface area contributed by atoms with E-state index in [1.54, 1.807) is 11.3 Å². The highest BCUT2D eigenvalue weighted by atomic mass is 127.